The summed E-state index contributed by atoms with van der Waals surface area (Å²) in [4.78, 5) is 19.7. The smallest absolute Gasteiger partial charge is 0.324 e. The number of piperidine rings is 1. The van der Waals surface area contributed by atoms with Gasteiger partial charge in [-0.05, 0) is 39.4 Å². The quantitative estimate of drug-likeness (QED) is 0.398. The summed E-state index contributed by atoms with van der Waals surface area (Å²) < 4.78 is 10.6. The summed E-state index contributed by atoms with van der Waals surface area (Å²) in [6.45, 7) is 4.86. The van der Waals surface area contributed by atoms with Crippen molar-refractivity contribution in [2.75, 3.05) is 26.3 Å². The molecule has 1 saturated heterocycles. The third kappa shape index (κ3) is 20.1. The summed E-state index contributed by atoms with van der Waals surface area (Å²) in [6, 6.07) is 0. The molecule has 2 N–H and O–H groups in total. The van der Waals surface area contributed by atoms with E-state index in [0.29, 0.717) is 6.42 Å². The first-order chi connectivity index (χ1) is 11.0. The average Bonchev–Trinajstić information content (AvgIpc) is 2.49. The number of likely N-dealkylation sites (tertiary alicyclic amines) is 1. The third-order valence-corrected chi connectivity index (χ3v) is 5.28. The highest BCUT2D eigenvalue weighted by atomic mass is 31.2. The topological polar surface area (TPSA) is 60.8 Å². The summed E-state index contributed by atoms with van der Waals surface area (Å²) >= 11 is 0. The molecule has 0 aliphatic carbocycles. The predicted octanol–water partition coefficient (Wildman–Crippen LogP) is 5.19. The van der Waals surface area contributed by atoms with Crippen molar-refractivity contribution in [3.63, 3.8) is 0 Å². The Morgan fingerprint density at radius 1 is 0.783 bits per heavy atom. The van der Waals surface area contributed by atoms with Gasteiger partial charge in [0.1, 0.15) is 0 Å². The molecule has 0 radical (unpaired) electrons. The third-order valence-electron chi connectivity index (χ3n) is 4.38. The molecule has 1 aliphatic rings. The second-order valence-corrected chi connectivity index (χ2v) is 8.71. The Labute approximate surface area is 144 Å². The molecule has 1 aliphatic heterocycles. The van der Waals surface area contributed by atoms with E-state index in [2.05, 4.69) is 18.9 Å². The minimum absolute atomic E-state index is 0.0590. The average molecular weight is 349 g/mol. The van der Waals surface area contributed by atoms with E-state index in [9.17, 15) is 4.57 Å². The summed E-state index contributed by atoms with van der Waals surface area (Å²) in [7, 11) is -1.55. The van der Waals surface area contributed by atoms with E-state index in [1.165, 1.54) is 77.3 Å². The van der Waals surface area contributed by atoms with E-state index in [4.69, 9.17) is 9.79 Å². The van der Waals surface area contributed by atoms with Crippen LogP contribution >= 0.6 is 7.60 Å². The molecule has 23 heavy (non-hydrogen) atoms. The van der Waals surface area contributed by atoms with Crippen LogP contribution in [0.1, 0.15) is 90.4 Å². The van der Waals surface area contributed by atoms with Gasteiger partial charge in [0.15, 0.2) is 0 Å². The lowest BCUT2D eigenvalue weighted by Gasteiger charge is -2.20. The molecule has 1 rings (SSSR count). The van der Waals surface area contributed by atoms with Gasteiger partial charge in [-0.1, -0.05) is 71.1 Å². The van der Waals surface area contributed by atoms with E-state index in [-0.39, 0.29) is 6.16 Å². The Balaban J connectivity index is 0.000000568. The molecule has 5 heteroatoms. The first-order valence-corrected chi connectivity index (χ1v) is 11.5. The SMILES string of the molecule is CCCCCCCCCCCCP(=O)(O)O.CN1CCCCC1. The summed E-state index contributed by atoms with van der Waals surface area (Å²) in [5, 5.41) is 0. The van der Waals surface area contributed by atoms with E-state index in [0.717, 1.165) is 12.8 Å². The maximum atomic E-state index is 10.6. The van der Waals surface area contributed by atoms with Crippen molar-refractivity contribution in [1.29, 1.82) is 0 Å². The highest BCUT2D eigenvalue weighted by Gasteiger charge is 2.10. The Hall–Kier alpha value is 0.110. The van der Waals surface area contributed by atoms with Gasteiger partial charge in [0, 0.05) is 6.16 Å². The highest BCUT2D eigenvalue weighted by molar-refractivity contribution is 7.51. The van der Waals surface area contributed by atoms with Crippen LogP contribution in [0.15, 0.2) is 0 Å². The Morgan fingerprint density at radius 2 is 1.22 bits per heavy atom. The van der Waals surface area contributed by atoms with Gasteiger partial charge in [-0.2, -0.15) is 0 Å². The number of unbranched alkanes of at least 4 members (excludes halogenated alkanes) is 9. The minimum Gasteiger partial charge on any atom is -0.324 e. The van der Waals surface area contributed by atoms with Gasteiger partial charge in [-0.25, -0.2) is 0 Å². The lowest BCUT2D eigenvalue weighted by atomic mass is 10.1. The minimum atomic E-state index is -3.74. The van der Waals surface area contributed by atoms with Crippen molar-refractivity contribution in [3.05, 3.63) is 0 Å². The van der Waals surface area contributed by atoms with Crippen LogP contribution < -0.4 is 0 Å². The van der Waals surface area contributed by atoms with Crippen molar-refractivity contribution in [1.82, 2.24) is 4.90 Å². The Bertz CT molecular complexity index is 288. The molecule has 4 nitrogen and oxygen atoms in total. The van der Waals surface area contributed by atoms with E-state index in [1.54, 1.807) is 0 Å². The molecule has 0 saturated carbocycles. The fraction of sp³-hybridized carbons (Fsp3) is 1.00. The fourth-order valence-corrected chi connectivity index (χ4v) is 3.49. The van der Waals surface area contributed by atoms with Gasteiger partial charge >= 0.3 is 7.60 Å². The summed E-state index contributed by atoms with van der Waals surface area (Å²) in [5.74, 6) is 0. The van der Waals surface area contributed by atoms with Crippen LogP contribution in [0.4, 0.5) is 0 Å². The highest BCUT2D eigenvalue weighted by Crippen LogP contribution is 2.35. The van der Waals surface area contributed by atoms with Gasteiger partial charge in [-0.3, -0.25) is 4.57 Å². The first-order valence-electron chi connectivity index (χ1n) is 9.69. The van der Waals surface area contributed by atoms with Crippen LogP contribution in [0.25, 0.3) is 0 Å². The zero-order valence-corrected chi connectivity index (χ0v) is 16.4. The van der Waals surface area contributed by atoms with Gasteiger partial charge in [0.25, 0.3) is 0 Å². The summed E-state index contributed by atoms with van der Waals surface area (Å²) in [5.41, 5.74) is 0. The second kappa shape index (κ2) is 15.6. The molecule has 0 bridgehead atoms. The van der Waals surface area contributed by atoms with Crippen molar-refractivity contribution >= 4 is 7.60 Å². The molecule has 0 aromatic carbocycles. The van der Waals surface area contributed by atoms with Crippen LogP contribution in [0.2, 0.25) is 0 Å². The Kier molecular flexibility index (Phi) is 15.7. The monoisotopic (exact) mass is 349 g/mol. The Morgan fingerprint density at radius 3 is 1.57 bits per heavy atom. The van der Waals surface area contributed by atoms with E-state index >= 15 is 0 Å². The standard InChI is InChI=1S/C12H27O3P.C6H13N/c1-2-3-4-5-6-7-8-9-10-11-12-16(13,14)15;1-7-5-3-2-4-6-7/h2-12H2,1H3,(H2,13,14,15);2-6H2,1H3. The maximum absolute atomic E-state index is 10.6. The fourth-order valence-electron chi connectivity index (χ4n) is 2.86. The molecular weight excluding hydrogens is 309 g/mol. The first kappa shape index (κ1) is 23.1. The number of rotatable bonds is 11. The summed E-state index contributed by atoms with van der Waals surface area (Å²) in [6.07, 6.45) is 16.2. The van der Waals surface area contributed by atoms with Crippen LogP contribution in [-0.2, 0) is 4.57 Å². The second-order valence-electron chi connectivity index (χ2n) is 6.93. The van der Waals surface area contributed by atoms with Crippen LogP contribution in [0.3, 0.4) is 0 Å². The van der Waals surface area contributed by atoms with Crippen LogP contribution in [0, 0.1) is 0 Å². The number of nitrogens with zero attached hydrogens (tertiary/aromatic N) is 1. The van der Waals surface area contributed by atoms with E-state index < -0.39 is 7.60 Å². The molecule has 1 fully saturated rings. The van der Waals surface area contributed by atoms with Crippen molar-refractivity contribution in [2.45, 2.75) is 90.4 Å². The molecule has 0 aromatic heterocycles. The maximum Gasteiger partial charge on any atom is 0.325 e. The zero-order valence-electron chi connectivity index (χ0n) is 15.5. The number of hydrogen-bond donors (Lipinski definition) is 2. The van der Waals surface area contributed by atoms with Crippen molar-refractivity contribution < 1.29 is 14.4 Å². The van der Waals surface area contributed by atoms with Crippen molar-refractivity contribution in [3.8, 4) is 0 Å². The lowest BCUT2D eigenvalue weighted by Crippen LogP contribution is -2.24. The van der Waals surface area contributed by atoms with Gasteiger partial charge in [0.2, 0.25) is 0 Å². The molecule has 0 atom stereocenters. The molecule has 0 aromatic rings. The normalized spacial score (nSPS) is 16.0. The van der Waals surface area contributed by atoms with Crippen LogP contribution in [-0.4, -0.2) is 41.0 Å². The van der Waals surface area contributed by atoms with Gasteiger partial charge in [-0.15, -0.1) is 0 Å². The predicted molar refractivity (Wildman–Crippen MR) is 100 cm³/mol. The van der Waals surface area contributed by atoms with Gasteiger partial charge < -0.3 is 14.7 Å². The number of hydrogen-bond acceptors (Lipinski definition) is 2. The largest absolute Gasteiger partial charge is 0.325 e. The zero-order chi connectivity index (χ0) is 17.4. The van der Waals surface area contributed by atoms with Crippen molar-refractivity contribution in [2.24, 2.45) is 0 Å². The molecule has 0 spiro atoms. The van der Waals surface area contributed by atoms with Gasteiger partial charge in [0.05, 0.1) is 0 Å². The molecule has 140 valence electrons. The molecule has 0 amide bonds. The van der Waals surface area contributed by atoms with E-state index in [1.807, 2.05) is 0 Å². The molecule has 0 unspecified atom stereocenters. The molecular formula is C18H40NO3P. The lowest BCUT2D eigenvalue weighted by molar-refractivity contribution is 0.277. The van der Waals surface area contributed by atoms with Crippen LogP contribution in [0.5, 0.6) is 0 Å². The molecule has 1 heterocycles.